The van der Waals surface area contributed by atoms with E-state index in [4.69, 9.17) is 0 Å². The normalized spacial score (nSPS) is 20.1. The Bertz CT molecular complexity index is 1570. The van der Waals surface area contributed by atoms with Gasteiger partial charge in [-0.1, -0.05) is 0 Å². The zero-order chi connectivity index (χ0) is 24.7. The van der Waals surface area contributed by atoms with Crippen LogP contribution in [-0.4, -0.2) is 52.4 Å². The largest absolute Gasteiger partial charge is 0.388 e. The number of hydrogen-bond acceptors (Lipinski definition) is 6. The van der Waals surface area contributed by atoms with Crippen LogP contribution in [0.25, 0.3) is 33.3 Å². The Morgan fingerprint density at radius 2 is 2.11 bits per heavy atom. The summed E-state index contributed by atoms with van der Waals surface area (Å²) in [6, 6.07) is 13.1. The average molecular weight is 482 g/mol. The summed E-state index contributed by atoms with van der Waals surface area (Å²) in [5.41, 5.74) is 4.69. The molecule has 1 aliphatic rings. The Morgan fingerprint density at radius 3 is 3.00 bits per heavy atom. The fourth-order valence-corrected chi connectivity index (χ4v) is 5.27. The number of fused-ring (bicyclic) bond motifs is 2. The van der Waals surface area contributed by atoms with Crippen LogP contribution in [0.4, 0.5) is 0 Å². The molecule has 9 heteroatoms. The molecule has 0 aliphatic heterocycles. The monoisotopic (exact) mass is 481 g/mol. The van der Waals surface area contributed by atoms with Gasteiger partial charge in [-0.05, 0) is 75.1 Å². The standard InChI is InChI=1S/C27H27N7O2/c1-17-12-18(8-11-28-17)24-21-13-19(6-7-22(21)32-33-24)26(35)31-20-4-2-9-27(36,14-20)15-34-16-30-23-5-3-10-29-25(23)34/h3,5-8,10-13,16,20,36H,2,4,9,14-15H2,1H3,(H,31,35)(H,32,33). The summed E-state index contributed by atoms with van der Waals surface area (Å²) in [5.74, 6) is -0.154. The molecular weight excluding hydrogens is 454 g/mol. The van der Waals surface area contributed by atoms with Gasteiger partial charge in [0.2, 0.25) is 0 Å². The van der Waals surface area contributed by atoms with Gasteiger partial charge in [0.1, 0.15) is 11.2 Å². The number of imidazole rings is 1. The maximum absolute atomic E-state index is 13.2. The smallest absolute Gasteiger partial charge is 0.251 e. The van der Waals surface area contributed by atoms with Crippen molar-refractivity contribution in [1.82, 2.24) is 35.0 Å². The van der Waals surface area contributed by atoms with E-state index < -0.39 is 5.60 Å². The van der Waals surface area contributed by atoms with E-state index >= 15 is 0 Å². The Kier molecular flexibility index (Phi) is 5.49. The summed E-state index contributed by atoms with van der Waals surface area (Å²) < 4.78 is 1.90. The molecule has 1 fully saturated rings. The second-order valence-corrected chi connectivity index (χ2v) is 9.73. The van der Waals surface area contributed by atoms with E-state index in [9.17, 15) is 9.90 Å². The fourth-order valence-electron chi connectivity index (χ4n) is 5.27. The van der Waals surface area contributed by atoms with Crippen molar-refractivity contribution in [2.24, 2.45) is 0 Å². The van der Waals surface area contributed by atoms with E-state index in [1.165, 1.54) is 0 Å². The van der Waals surface area contributed by atoms with Crippen molar-refractivity contribution >= 4 is 28.0 Å². The molecule has 0 radical (unpaired) electrons. The number of hydrogen-bond donors (Lipinski definition) is 3. The number of rotatable bonds is 5. The highest BCUT2D eigenvalue weighted by molar-refractivity contribution is 6.01. The molecule has 2 unspecified atom stereocenters. The molecule has 2 atom stereocenters. The summed E-state index contributed by atoms with van der Waals surface area (Å²) in [7, 11) is 0. The maximum Gasteiger partial charge on any atom is 0.251 e. The molecule has 4 aromatic heterocycles. The van der Waals surface area contributed by atoms with Gasteiger partial charge in [-0.3, -0.25) is 14.9 Å². The summed E-state index contributed by atoms with van der Waals surface area (Å²) in [6.45, 7) is 2.33. The number of benzene rings is 1. The van der Waals surface area contributed by atoms with Crippen LogP contribution in [0.5, 0.6) is 0 Å². The highest BCUT2D eigenvalue weighted by Gasteiger charge is 2.36. The summed E-state index contributed by atoms with van der Waals surface area (Å²) >= 11 is 0. The lowest BCUT2D eigenvalue weighted by molar-refractivity contribution is -0.0204. The Morgan fingerprint density at radius 1 is 1.19 bits per heavy atom. The molecule has 4 heterocycles. The van der Waals surface area contributed by atoms with Crippen molar-refractivity contribution in [3.05, 3.63) is 72.4 Å². The van der Waals surface area contributed by atoms with E-state index in [-0.39, 0.29) is 11.9 Å². The van der Waals surface area contributed by atoms with E-state index in [1.54, 1.807) is 24.8 Å². The first kappa shape index (κ1) is 22.4. The van der Waals surface area contributed by atoms with Crippen molar-refractivity contribution < 1.29 is 9.90 Å². The molecule has 182 valence electrons. The molecule has 9 nitrogen and oxygen atoms in total. The topological polar surface area (TPSA) is 122 Å². The molecule has 0 saturated heterocycles. The minimum absolute atomic E-state index is 0.124. The van der Waals surface area contributed by atoms with Gasteiger partial charge in [0.05, 0.1) is 24.0 Å². The Hall–Kier alpha value is -4.11. The summed E-state index contributed by atoms with van der Waals surface area (Å²) in [5, 5.41) is 23.0. The second-order valence-electron chi connectivity index (χ2n) is 9.73. The van der Waals surface area contributed by atoms with Gasteiger partial charge < -0.3 is 15.0 Å². The van der Waals surface area contributed by atoms with Crippen molar-refractivity contribution in [2.45, 2.75) is 50.8 Å². The van der Waals surface area contributed by atoms with Crippen LogP contribution in [0.15, 0.2) is 61.2 Å². The molecule has 1 saturated carbocycles. The van der Waals surface area contributed by atoms with Crippen molar-refractivity contribution in [3.63, 3.8) is 0 Å². The van der Waals surface area contributed by atoms with E-state index in [2.05, 4.69) is 30.5 Å². The minimum atomic E-state index is -0.942. The quantitative estimate of drug-likeness (QED) is 0.351. The van der Waals surface area contributed by atoms with Gasteiger partial charge in [-0.15, -0.1) is 0 Å². The first-order valence-corrected chi connectivity index (χ1v) is 12.2. The molecule has 6 rings (SSSR count). The van der Waals surface area contributed by atoms with Crippen LogP contribution in [0, 0.1) is 6.92 Å². The zero-order valence-corrected chi connectivity index (χ0v) is 20.0. The molecule has 1 aromatic carbocycles. The number of carbonyl (C=O) groups excluding carboxylic acids is 1. The number of carbonyl (C=O) groups is 1. The number of aromatic amines is 1. The summed E-state index contributed by atoms with van der Waals surface area (Å²) in [6.07, 6.45) is 8.00. The maximum atomic E-state index is 13.2. The van der Waals surface area contributed by atoms with Gasteiger partial charge in [-0.25, -0.2) is 9.97 Å². The van der Waals surface area contributed by atoms with Crippen LogP contribution in [0.1, 0.15) is 41.7 Å². The third kappa shape index (κ3) is 4.22. The SMILES string of the molecule is Cc1cc(-c2n[nH]c3ccc(C(=O)NC4CCCC(O)(Cn5cnc6cccnc65)C4)cc23)ccn1. The average Bonchev–Trinajstić information content (AvgIpc) is 3.48. The van der Waals surface area contributed by atoms with Gasteiger partial charge >= 0.3 is 0 Å². The number of aromatic nitrogens is 6. The third-order valence-corrected chi connectivity index (χ3v) is 6.99. The molecule has 3 N–H and O–H groups in total. The number of H-pyrrole nitrogens is 1. The van der Waals surface area contributed by atoms with Crippen LogP contribution < -0.4 is 5.32 Å². The Labute approximate surface area is 207 Å². The third-order valence-electron chi connectivity index (χ3n) is 6.99. The number of aryl methyl sites for hydroxylation is 1. The number of aliphatic hydroxyl groups is 1. The predicted octanol–water partition coefficient (Wildman–Crippen LogP) is 3.78. The van der Waals surface area contributed by atoms with Crippen molar-refractivity contribution in [1.29, 1.82) is 0 Å². The van der Waals surface area contributed by atoms with Gasteiger partial charge in [0.25, 0.3) is 5.91 Å². The lowest BCUT2D eigenvalue weighted by Gasteiger charge is -2.37. The highest BCUT2D eigenvalue weighted by Crippen LogP contribution is 2.32. The minimum Gasteiger partial charge on any atom is -0.388 e. The van der Waals surface area contributed by atoms with Crippen LogP contribution in [0.3, 0.4) is 0 Å². The van der Waals surface area contributed by atoms with Crippen LogP contribution in [-0.2, 0) is 6.54 Å². The molecule has 0 spiro atoms. The van der Waals surface area contributed by atoms with Gasteiger partial charge in [-0.2, -0.15) is 5.10 Å². The first-order valence-electron chi connectivity index (χ1n) is 12.2. The van der Waals surface area contributed by atoms with Crippen molar-refractivity contribution in [3.8, 4) is 11.3 Å². The lowest BCUT2D eigenvalue weighted by Crippen LogP contribution is -2.47. The second kappa shape index (κ2) is 8.83. The Balaban J connectivity index is 1.20. The molecule has 36 heavy (non-hydrogen) atoms. The van der Waals surface area contributed by atoms with E-state index in [0.29, 0.717) is 24.9 Å². The molecule has 0 bridgehead atoms. The van der Waals surface area contributed by atoms with Crippen molar-refractivity contribution in [2.75, 3.05) is 0 Å². The molecule has 1 amide bonds. The molecular formula is C27H27N7O2. The van der Waals surface area contributed by atoms with Crippen LogP contribution in [0.2, 0.25) is 0 Å². The summed E-state index contributed by atoms with van der Waals surface area (Å²) in [4.78, 5) is 26.3. The number of nitrogens with one attached hydrogen (secondary N) is 2. The van der Waals surface area contributed by atoms with E-state index in [0.717, 1.165) is 51.9 Å². The number of pyridine rings is 2. The predicted molar refractivity (Wildman–Crippen MR) is 136 cm³/mol. The number of nitrogens with zero attached hydrogens (tertiary/aromatic N) is 5. The highest BCUT2D eigenvalue weighted by atomic mass is 16.3. The molecule has 1 aliphatic carbocycles. The van der Waals surface area contributed by atoms with E-state index in [1.807, 2.05) is 47.9 Å². The first-order chi connectivity index (χ1) is 17.5. The molecule has 5 aromatic rings. The number of amides is 1. The zero-order valence-electron chi connectivity index (χ0n) is 20.0. The fraction of sp³-hybridized carbons (Fsp3) is 0.296. The van der Waals surface area contributed by atoms with Crippen LogP contribution >= 0.6 is 0 Å². The van der Waals surface area contributed by atoms with Gasteiger partial charge in [0.15, 0.2) is 5.65 Å². The van der Waals surface area contributed by atoms with Gasteiger partial charge in [0, 0.05) is 40.6 Å². The lowest BCUT2D eigenvalue weighted by atomic mass is 9.81.